The standard InChI is InChI=1S/C9H9O3/c1-12-9(11)8(10)7-5-3-2-4-6-7/h2-6,8H,1H3. The van der Waals surface area contributed by atoms with Crippen LogP contribution in [0.15, 0.2) is 30.3 Å². The van der Waals surface area contributed by atoms with Gasteiger partial charge in [0, 0.05) is 0 Å². The topological polar surface area (TPSA) is 46.2 Å². The maximum Gasteiger partial charge on any atom is 0.343 e. The SMILES string of the molecule is COC(=O)C([O])c1ccccc1. The van der Waals surface area contributed by atoms with Gasteiger partial charge in [-0.2, -0.15) is 0 Å². The second-order valence-electron chi connectivity index (χ2n) is 2.31. The minimum atomic E-state index is -1.42. The van der Waals surface area contributed by atoms with Crippen molar-refractivity contribution < 1.29 is 14.6 Å². The second-order valence-corrected chi connectivity index (χ2v) is 2.31. The largest absolute Gasteiger partial charge is 0.467 e. The Morgan fingerprint density at radius 2 is 1.92 bits per heavy atom. The molecule has 1 rings (SSSR count). The molecule has 0 heterocycles. The third kappa shape index (κ3) is 1.83. The highest BCUT2D eigenvalue weighted by atomic mass is 16.5. The van der Waals surface area contributed by atoms with Gasteiger partial charge in [0.25, 0.3) is 0 Å². The average molecular weight is 165 g/mol. The van der Waals surface area contributed by atoms with Crippen LogP contribution in [-0.2, 0) is 14.6 Å². The van der Waals surface area contributed by atoms with E-state index in [2.05, 4.69) is 4.74 Å². The first kappa shape index (κ1) is 8.74. The smallest absolute Gasteiger partial charge is 0.343 e. The summed E-state index contributed by atoms with van der Waals surface area (Å²) in [5.74, 6) is -0.749. The molecule has 0 saturated heterocycles. The van der Waals surface area contributed by atoms with E-state index >= 15 is 0 Å². The molecule has 63 valence electrons. The van der Waals surface area contributed by atoms with Crippen molar-refractivity contribution in [3.8, 4) is 0 Å². The van der Waals surface area contributed by atoms with E-state index in [1.165, 1.54) is 7.11 Å². The molecule has 1 aromatic rings. The van der Waals surface area contributed by atoms with Gasteiger partial charge in [0.1, 0.15) is 0 Å². The Labute approximate surface area is 70.6 Å². The van der Waals surface area contributed by atoms with Crippen LogP contribution in [0, 0.1) is 0 Å². The Balaban J connectivity index is 2.78. The Kier molecular flexibility index (Phi) is 2.82. The minimum absolute atomic E-state index is 0.435. The zero-order chi connectivity index (χ0) is 8.97. The van der Waals surface area contributed by atoms with Crippen LogP contribution in [0.1, 0.15) is 11.7 Å². The molecule has 0 aliphatic heterocycles. The number of hydrogen-bond donors (Lipinski definition) is 0. The molecule has 0 spiro atoms. The van der Waals surface area contributed by atoms with Gasteiger partial charge in [-0.3, -0.25) is 0 Å². The van der Waals surface area contributed by atoms with Gasteiger partial charge in [0.05, 0.1) is 7.11 Å². The summed E-state index contributed by atoms with van der Waals surface area (Å²) < 4.78 is 4.31. The molecule has 0 aliphatic rings. The number of ether oxygens (including phenoxy) is 1. The van der Waals surface area contributed by atoms with Crippen LogP contribution in [0.3, 0.4) is 0 Å². The van der Waals surface area contributed by atoms with Crippen molar-refractivity contribution in [2.75, 3.05) is 7.11 Å². The van der Waals surface area contributed by atoms with E-state index in [1.807, 2.05) is 0 Å². The van der Waals surface area contributed by atoms with Crippen LogP contribution >= 0.6 is 0 Å². The predicted molar refractivity (Wildman–Crippen MR) is 41.9 cm³/mol. The van der Waals surface area contributed by atoms with Crippen molar-refractivity contribution in [3.05, 3.63) is 35.9 Å². The number of benzene rings is 1. The molecule has 0 aliphatic carbocycles. The highest BCUT2D eigenvalue weighted by molar-refractivity contribution is 5.75. The van der Waals surface area contributed by atoms with Gasteiger partial charge in [-0.05, 0) is 5.56 Å². The van der Waals surface area contributed by atoms with Crippen molar-refractivity contribution in [1.82, 2.24) is 0 Å². The lowest BCUT2D eigenvalue weighted by molar-refractivity contribution is -0.154. The third-order valence-corrected chi connectivity index (χ3v) is 1.52. The Bertz CT molecular complexity index is 256. The van der Waals surface area contributed by atoms with E-state index in [0.29, 0.717) is 5.56 Å². The molecule has 12 heavy (non-hydrogen) atoms. The van der Waals surface area contributed by atoms with Gasteiger partial charge < -0.3 is 4.74 Å². The summed E-state index contributed by atoms with van der Waals surface area (Å²) in [5, 5.41) is 11.2. The van der Waals surface area contributed by atoms with E-state index in [0.717, 1.165) is 0 Å². The molecular weight excluding hydrogens is 156 g/mol. The number of rotatable bonds is 2. The molecule has 1 radical (unpaired) electrons. The van der Waals surface area contributed by atoms with Gasteiger partial charge >= 0.3 is 5.97 Å². The molecule has 1 aromatic carbocycles. The normalized spacial score (nSPS) is 12.2. The molecule has 1 unspecified atom stereocenters. The van der Waals surface area contributed by atoms with E-state index in [1.54, 1.807) is 30.3 Å². The van der Waals surface area contributed by atoms with E-state index < -0.39 is 12.1 Å². The summed E-state index contributed by atoms with van der Waals surface area (Å²) in [6.07, 6.45) is -1.42. The molecule has 0 bridgehead atoms. The van der Waals surface area contributed by atoms with Crippen molar-refractivity contribution in [3.63, 3.8) is 0 Å². The maximum atomic E-state index is 11.2. The van der Waals surface area contributed by atoms with Crippen LogP contribution in [0.4, 0.5) is 0 Å². The summed E-state index contributed by atoms with van der Waals surface area (Å²) in [7, 11) is 1.20. The molecule has 0 amide bonds. The summed E-state index contributed by atoms with van der Waals surface area (Å²) in [4.78, 5) is 10.8. The fourth-order valence-corrected chi connectivity index (χ4v) is 0.871. The molecule has 3 nitrogen and oxygen atoms in total. The van der Waals surface area contributed by atoms with Crippen LogP contribution in [0.5, 0.6) is 0 Å². The number of methoxy groups -OCH3 is 1. The summed E-state index contributed by atoms with van der Waals surface area (Å²) in [6, 6.07) is 8.42. The van der Waals surface area contributed by atoms with E-state index in [-0.39, 0.29) is 0 Å². The van der Waals surface area contributed by atoms with Crippen LogP contribution in [0.25, 0.3) is 0 Å². The lowest BCUT2D eigenvalue weighted by Crippen LogP contribution is -2.11. The monoisotopic (exact) mass is 165 g/mol. The lowest BCUT2D eigenvalue weighted by atomic mass is 10.1. The molecule has 0 N–H and O–H groups in total. The molecule has 1 atom stereocenters. The Hall–Kier alpha value is -1.35. The highest BCUT2D eigenvalue weighted by Gasteiger charge is 2.18. The first-order chi connectivity index (χ1) is 5.75. The third-order valence-electron chi connectivity index (χ3n) is 1.52. The number of esters is 1. The zero-order valence-corrected chi connectivity index (χ0v) is 6.69. The summed E-state index contributed by atoms with van der Waals surface area (Å²) >= 11 is 0. The van der Waals surface area contributed by atoms with Crippen LogP contribution in [0.2, 0.25) is 0 Å². The van der Waals surface area contributed by atoms with E-state index in [9.17, 15) is 9.90 Å². The van der Waals surface area contributed by atoms with Gasteiger partial charge in [0.2, 0.25) is 6.10 Å². The highest BCUT2D eigenvalue weighted by Crippen LogP contribution is 2.13. The fraction of sp³-hybridized carbons (Fsp3) is 0.222. The zero-order valence-electron chi connectivity index (χ0n) is 6.69. The first-order valence-corrected chi connectivity index (χ1v) is 3.54. The lowest BCUT2D eigenvalue weighted by Gasteiger charge is -2.04. The number of hydrogen-bond acceptors (Lipinski definition) is 2. The van der Waals surface area contributed by atoms with Gasteiger partial charge in [-0.1, -0.05) is 30.3 Å². The van der Waals surface area contributed by atoms with Gasteiger partial charge in [0.15, 0.2) is 0 Å². The molecule has 0 saturated carbocycles. The van der Waals surface area contributed by atoms with E-state index in [4.69, 9.17) is 0 Å². The van der Waals surface area contributed by atoms with Gasteiger partial charge in [-0.15, -0.1) is 0 Å². The predicted octanol–water partition coefficient (Wildman–Crippen LogP) is 1.33. The van der Waals surface area contributed by atoms with Crippen molar-refractivity contribution >= 4 is 5.97 Å². The Morgan fingerprint density at radius 1 is 1.33 bits per heavy atom. The number of carbonyl (C=O) groups is 1. The number of carbonyl (C=O) groups excluding carboxylic acids is 1. The summed E-state index contributed by atoms with van der Waals surface area (Å²) in [6.45, 7) is 0. The van der Waals surface area contributed by atoms with Crippen LogP contribution in [-0.4, -0.2) is 13.1 Å². The fourth-order valence-electron chi connectivity index (χ4n) is 0.871. The second kappa shape index (κ2) is 3.88. The quantitative estimate of drug-likeness (QED) is 0.620. The van der Waals surface area contributed by atoms with Crippen molar-refractivity contribution in [2.45, 2.75) is 6.10 Å². The molecular formula is C9H9O3. The van der Waals surface area contributed by atoms with Crippen LogP contribution < -0.4 is 0 Å². The van der Waals surface area contributed by atoms with Gasteiger partial charge in [-0.25, -0.2) is 9.90 Å². The van der Waals surface area contributed by atoms with Crippen molar-refractivity contribution in [2.24, 2.45) is 0 Å². The maximum absolute atomic E-state index is 11.2. The first-order valence-electron chi connectivity index (χ1n) is 3.54. The average Bonchev–Trinajstić information content (AvgIpc) is 2.17. The van der Waals surface area contributed by atoms with Crippen molar-refractivity contribution in [1.29, 1.82) is 0 Å². The minimum Gasteiger partial charge on any atom is -0.467 e. The molecule has 3 heteroatoms. The molecule has 0 aromatic heterocycles. The molecule has 0 fully saturated rings. The summed E-state index contributed by atoms with van der Waals surface area (Å²) in [5.41, 5.74) is 0.435. The Morgan fingerprint density at radius 3 is 2.42 bits per heavy atom.